The van der Waals surface area contributed by atoms with Gasteiger partial charge >= 0.3 is 0 Å². The van der Waals surface area contributed by atoms with Gasteiger partial charge < -0.3 is 4.90 Å². The maximum atomic E-state index is 11.9. The molecule has 0 aromatic heterocycles. The van der Waals surface area contributed by atoms with Crippen LogP contribution in [0, 0.1) is 5.41 Å². The standard InChI is InChI=1S/C33H55N3O/c1-9-12-17-33(11-3,18-13-27(6)22-26(4)5)19-14-32(34-8)36-24-30-23-29(10-2)15-20-35(30)21-16-31(36)28(7)25-37/h13,22-23,25,30H,9-12,14-21,24H2,1-8H3/b27-13-,31-28-,34-32?. The Morgan fingerprint density at radius 3 is 2.43 bits per heavy atom. The molecule has 0 bridgehead atoms. The zero-order chi connectivity index (χ0) is 27.4. The fourth-order valence-corrected chi connectivity index (χ4v) is 6.09. The number of unbranched alkanes of at least 4 members (excludes halogenated alkanes) is 1. The van der Waals surface area contributed by atoms with Gasteiger partial charge in [-0.05, 0) is 65.2 Å². The van der Waals surface area contributed by atoms with Crippen molar-refractivity contribution in [2.24, 2.45) is 10.4 Å². The van der Waals surface area contributed by atoms with Crippen molar-refractivity contribution >= 4 is 12.1 Å². The number of aliphatic imine (C=N–C) groups is 1. The molecule has 0 aliphatic carbocycles. The molecule has 0 spiro atoms. The highest BCUT2D eigenvalue weighted by Crippen LogP contribution is 2.39. The number of rotatable bonds is 12. The molecule has 0 aromatic carbocycles. The normalized spacial score (nSPS) is 22.5. The third-order valence-electron chi connectivity index (χ3n) is 8.67. The van der Waals surface area contributed by atoms with Crippen LogP contribution in [0.25, 0.3) is 0 Å². The van der Waals surface area contributed by atoms with Gasteiger partial charge in [0.25, 0.3) is 0 Å². The monoisotopic (exact) mass is 509 g/mol. The quantitative estimate of drug-likeness (QED) is 0.0663. The first-order chi connectivity index (χ1) is 17.7. The summed E-state index contributed by atoms with van der Waals surface area (Å²) in [4.78, 5) is 21.8. The lowest BCUT2D eigenvalue weighted by Crippen LogP contribution is -2.44. The highest BCUT2D eigenvalue weighted by atomic mass is 16.1. The van der Waals surface area contributed by atoms with Crippen molar-refractivity contribution < 1.29 is 4.79 Å². The van der Waals surface area contributed by atoms with E-state index < -0.39 is 0 Å². The number of nitrogens with zero attached hydrogens (tertiary/aromatic N) is 3. The summed E-state index contributed by atoms with van der Waals surface area (Å²) in [5.74, 6) is 1.15. The molecule has 0 saturated carbocycles. The smallest absolute Gasteiger partial charge is 0.147 e. The minimum absolute atomic E-state index is 0.282. The molecule has 2 aliphatic rings. The Labute approximate surface area is 228 Å². The van der Waals surface area contributed by atoms with E-state index in [2.05, 4.69) is 69.6 Å². The molecule has 4 heteroatoms. The predicted octanol–water partition coefficient (Wildman–Crippen LogP) is 8.27. The Kier molecular flexibility index (Phi) is 13.1. The summed E-state index contributed by atoms with van der Waals surface area (Å²) in [5.41, 5.74) is 6.60. The van der Waals surface area contributed by atoms with Crippen LogP contribution in [0.2, 0.25) is 0 Å². The molecule has 0 amide bonds. The number of amidine groups is 1. The van der Waals surface area contributed by atoms with Gasteiger partial charge in [0.15, 0.2) is 0 Å². The summed E-state index contributed by atoms with van der Waals surface area (Å²) in [6.07, 6.45) is 19.6. The summed E-state index contributed by atoms with van der Waals surface area (Å²) in [7, 11) is 1.94. The molecular weight excluding hydrogens is 454 g/mol. The van der Waals surface area contributed by atoms with Crippen molar-refractivity contribution in [1.29, 1.82) is 0 Å². The van der Waals surface area contributed by atoms with Gasteiger partial charge in [-0.3, -0.25) is 14.7 Å². The van der Waals surface area contributed by atoms with Crippen LogP contribution in [-0.2, 0) is 4.79 Å². The van der Waals surface area contributed by atoms with Gasteiger partial charge in [0.05, 0.1) is 0 Å². The second-order valence-electron chi connectivity index (χ2n) is 11.6. The van der Waals surface area contributed by atoms with Crippen molar-refractivity contribution in [2.45, 2.75) is 119 Å². The minimum Gasteiger partial charge on any atom is -0.332 e. The first-order valence-electron chi connectivity index (χ1n) is 14.9. The molecule has 2 atom stereocenters. The van der Waals surface area contributed by atoms with Gasteiger partial charge in [-0.1, -0.05) is 75.0 Å². The van der Waals surface area contributed by atoms with Crippen molar-refractivity contribution in [3.05, 3.63) is 46.2 Å². The van der Waals surface area contributed by atoms with Gasteiger partial charge in [-0.25, -0.2) is 0 Å². The van der Waals surface area contributed by atoms with E-state index in [-0.39, 0.29) is 5.41 Å². The summed E-state index contributed by atoms with van der Waals surface area (Å²) in [6, 6.07) is 0.392. The van der Waals surface area contributed by atoms with Gasteiger partial charge in [0.2, 0.25) is 0 Å². The molecule has 2 unspecified atom stereocenters. The molecule has 2 heterocycles. The zero-order valence-electron chi connectivity index (χ0n) is 25.3. The van der Waals surface area contributed by atoms with E-state index in [0.717, 1.165) is 69.4 Å². The van der Waals surface area contributed by atoms with Crippen LogP contribution >= 0.6 is 0 Å². The van der Waals surface area contributed by atoms with E-state index in [4.69, 9.17) is 4.99 Å². The van der Waals surface area contributed by atoms with Crippen LogP contribution in [-0.4, -0.2) is 54.6 Å². The summed E-state index contributed by atoms with van der Waals surface area (Å²) in [5, 5.41) is 0. The molecule has 1 fully saturated rings. The van der Waals surface area contributed by atoms with Gasteiger partial charge in [-0.15, -0.1) is 0 Å². The topological polar surface area (TPSA) is 35.9 Å². The van der Waals surface area contributed by atoms with Crippen LogP contribution in [0.15, 0.2) is 51.2 Å². The molecule has 2 aliphatic heterocycles. The zero-order valence-corrected chi connectivity index (χ0v) is 25.3. The minimum atomic E-state index is 0.282. The second kappa shape index (κ2) is 15.5. The highest BCUT2D eigenvalue weighted by Gasteiger charge is 2.33. The summed E-state index contributed by atoms with van der Waals surface area (Å²) >= 11 is 0. The molecule has 2 rings (SSSR count). The Balaban J connectivity index is 2.35. The number of aldehydes is 1. The summed E-state index contributed by atoms with van der Waals surface area (Å²) < 4.78 is 0. The fourth-order valence-electron chi connectivity index (χ4n) is 6.09. The lowest BCUT2D eigenvalue weighted by atomic mass is 9.73. The number of hydrogen-bond acceptors (Lipinski definition) is 3. The van der Waals surface area contributed by atoms with E-state index in [1.165, 1.54) is 48.9 Å². The van der Waals surface area contributed by atoms with E-state index in [1.54, 1.807) is 5.57 Å². The van der Waals surface area contributed by atoms with Crippen LogP contribution in [0.3, 0.4) is 0 Å². The van der Waals surface area contributed by atoms with Gasteiger partial charge in [0.1, 0.15) is 12.1 Å². The molecule has 208 valence electrons. The molecule has 0 aromatic rings. The van der Waals surface area contributed by atoms with Crippen LogP contribution < -0.4 is 0 Å². The van der Waals surface area contributed by atoms with Crippen molar-refractivity contribution in [2.75, 3.05) is 26.7 Å². The first kappa shape index (κ1) is 31.3. The molecule has 37 heavy (non-hydrogen) atoms. The third-order valence-corrected chi connectivity index (χ3v) is 8.67. The summed E-state index contributed by atoms with van der Waals surface area (Å²) in [6.45, 7) is 18.5. The maximum absolute atomic E-state index is 11.9. The van der Waals surface area contributed by atoms with Crippen molar-refractivity contribution in [3.8, 4) is 0 Å². The lowest BCUT2D eigenvalue weighted by molar-refractivity contribution is -0.105. The van der Waals surface area contributed by atoms with Gasteiger partial charge in [0, 0.05) is 56.8 Å². The largest absolute Gasteiger partial charge is 0.332 e. The van der Waals surface area contributed by atoms with E-state index >= 15 is 0 Å². The first-order valence-corrected chi connectivity index (χ1v) is 14.9. The average molecular weight is 510 g/mol. The predicted molar refractivity (Wildman–Crippen MR) is 161 cm³/mol. The Morgan fingerprint density at radius 2 is 1.84 bits per heavy atom. The van der Waals surface area contributed by atoms with Crippen molar-refractivity contribution in [1.82, 2.24) is 9.80 Å². The number of fused-ring (bicyclic) bond motifs is 1. The fraction of sp³-hybridized carbons (Fsp3) is 0.697. The number of carbonyl (C=O) groups excluding carboxylic acids is 1. The third kappa shape index (κ3) is 9.09. The molecule has 4 nitrogen and oxygen atoms in total. The Bertz CT molecular complexity index is 903. The Morgan fingerprint density at radius 1 is 1.11 bits per heavy atom. The number of carbonyl (C=O) groups is 1. The SMILES string of the molecule is CCCCC(CC)(C/C=C(/C)C=C(C)C)CCC(=NC)N1CC2C=C(CC)CCN2CC/C1=C(\C)C=O. The molecule has 1 saturated heterocycles. The Hall–Kier alpha value is -1.94. The van der Waals surface area contributed by atoms with E-state index in [9.17, 15) is 4.79 Å². The van der Waals surface area contributed by atoms with E-state index in [1.807, 2.05) is 14.0 Å². The molecular formula is C33H55N3O. The molecule has 0 radical (unpaired) electrons. The van der Waals surface area contributed by atoms with Gasteiger partial charge in [-0.2, -0.15) is 0 Å². The molecule has 0 N–H and O–H groups in total. The van der Waals surface area contributed by atoms with Crippen LogP contribution in [0.4, 0.5) is 0 Å². The highest BCUT2D eigenvalue weighted by molar-refractivity contribution is 5.86. The van der Waals surface area contributed by atoms with Crippen LogP contribution in [0.1, 0.15) is 113 Å². The average Bonchev–Trinajstić information content (AvgIpc) is 3.08. The number of hydrogen-bond donors (Lipinski definition) is 0. The van der Waals surface area contributed by atoms with Crippen molar-refractivity contribution in [3.63, 3.8) is 0 Å². The van der Waals surface area contributed by atoms with E-state index in [0.29, 0.717) is 6.04 Å². The van der Waals surface area contributed by atoms with Crippen LogP contribution in [0.5, 0.6) is 0 Å². The second-order valence-corrected chi connectivity index (χ2v) is 11.6. The maximum Gasteiger partial charge on any atom is 0.147 e. The number of allylic oxidation sites excluding steroid dienone is 5. The lowest BCUT2D eigenvalue weighted by Gasteiger charge is -2.37.